The average molecular weight is 485 g/mol. The van der Waals surface area contributed by atoms with E-state index in [2.05, 4.69) is 76.9 Å². The standard InChI is InChI=1S/C23H32N2S.C7H16O/c1-16-8-12-25(13-9-16)21-24-20(15-26-21)17-6-7-18-19(14-17)23(4,5)11-10-22(18,2)3;1-3-7(2)5-4-6-8/h6-7,14-16H,8-13H2,1-5H3;7-8H,3-6H2,1-2H3. The second-order valence-corrected chi connectivity index (χ2v) is 12.9. The second kappa shape index (κ2) is 11.6. The fourth-order valence-corrected chi connectivity index (χ4v) is 6.02. The van der Waals surface area contributed by atoms with Crippen molar-refractivity contribution in [3.63, 3.8) is 0 Å². The van der Waals surface area contributed by atoms with Crippen molar-refractivity contribution in [2.45, 2.75) is 104 Å². The highest BCUT2D eigenvalue weighted by molar-refractivity contribution is 7.14. The van der Waals surface area contributed by atoms with E-state index in [1.165, 1.54) is 60.3 Å². The lowest BCUT2D eigenvalue weighted by molar-refractivity contribution is 0.273. The van der Waals surface area contributed by atoms with Crippen molar-refractivity contribution in [2.24, 2.45) is 11.8 Å². The van der Waals surface area contributed by atoms with Gasteiger partial charge in [0.2, 0.25) is 0 Å². The molecule has 0 spiro atoms. The average Bonchev–Trinajstić information content (AvgIpc) is 3.31. The Morgan fingerprint density at radius 3 is 2.35 bits per heavy atom. The van der Waals surface area contributed by atoms with Crippen molar-refractivity contribution >= 4 is 16.5 Å². The molecule has 2 heterocycles. The monoisotopic (exact) mass is 484 g/mol. The number of thiazole rings is 1. The van der Waals surface area contributed by atoms with E-state index in [9.17, 15) is 0 Å². The fourth-order valence-electron chi connectivity index (χ4n) is 5.13. The number of aliphatic hydroxyl groups is 1. The Hall–Kier alpha value is -1.39. The van der Waals surface area contributed by atoms with Crippen molar-refractivity contribution in [1.82, 2.24) is 4.98 Å². The van der Waals surface area contributed by atoms with Gasteiger partial charge >= 0.3 is 0 Å². The van der Waals surface area contributed by atoms with E-state index in [0.717, 1.165) is 37.0 Å². The molecule has 1 N–H and O–H groups in total. The molecule has 190 valence electrons. The number of anilines is 1. The van der Waals surface area contributed by atoms with Crippen LogP contribution in [0.1, 0.15) is 105 Å². The summed E-state index contributed by atoms with van der Waals surface area (Å²) >= 11 is 1.80. The van der Waals surface area contributed by atoms with Crippen molar-refractivity contribution < 1.29 is 5.11 Å². The van der Waals surface area contributed by atoms with Crippen LogP contribution in [-0.2, 0) is 10.8 Å². The quantitative estimate of drug-likeness (QED) is 0.449. The Labute approximate surface area is 213 Å². The molecule has 1 unspecified atom stereocenters. The van der Waals surface area contributed by atoms with Gasteiger partial charge in [0.05, 0.1) is 5.69 Å². The molecule has 0 bridgehead atoms. The molecule has 1 atom stereocenters. The van der Waals surface area contributed by atoms with Crippen LogP contribution in [0, 0.1) is 11.8 Å². The molecule has 4 rings (SSSR count). The maximum Gasteiger partial charge on any atom is 0.185 e. The summed E-state index contributed by atoms with van der Waals surface area (Å²) < 4.78 is 0. The largest absolute Gasteiger partial charge is 0.396 e. The summed E-state index contributed by atoms with van der Waals surface area (Å²) in [5, 5.41) is 11.9. The van der Waals surface area contributed by atoms with Crippen LogP contribution in [0.3, 0.4) is 0 Å². The minimum atomic E-state index is 0.253. The van der Waals surface area contributed by atoms with Gasteiger partial charge in [-0.2, -0.15) is 0 Å². The number of benzene rings is 1. The Kier molecular flexibility index (Phi) is 9.25. The minimum absolute atomic E-state index is 0.253. The minimum Gasteiger partial charge on any atom is -0.396 e. The van der Waals surface area contributed by atoms with Crippen molar-refractivity contribution in [1.29, 1.82) is 0 Å². The summed E-state index contributed by atoms with van der Waals surface area (Å²) in [6.45, 7) is 19.0. The highest BCUT2D eigenvalue weighted by Crippen LogP contribution is 2.47. The molecule has 4 heteroatoms. The molecule has 1 fully saturated rings. The first-order valence-corrected chi connectivity index (χ1v) is 14.4. The van der Waals surface area contributed by atoms with E-state index in [1.54, 1.807) is 11.3 Å². The second-order valence-electron chi connectivity index (χ2n) is 12.1. The normalized spacial score (nSPS) is 20.3. The zero-order valence-corrected chi connectivity index (χ0v) is 23.6. The lowest BCUT2D eigenvalue weighted by Gasteiger charge is -2.42. The van der Waals surface area contributed by atoms with E-state index in [-0.39, 0.29) is 10.8 Å². The van der Waals surface area contributed by atoms with Crippen LogP contribution in [0.25, 0.3) is 11.3 Å². The molecule has 0 amide bonds. The van der Waals surface area contributed by atoms with Gasteiger partial charge in [-0.3, -0.25) is 0 Å². The Morgan fingerprint density at radius 1 is 1.09 bits per heavy atom. The van der Waals surface area contributed by atoms with Gasteiger partial charge in [-0.25, -0.2) is 4.98 Å². The van der Waals surface area contributed by atoms with E-state index < -0.39 is 0 Å². The summed E-state index contributed by atoms with van der Waals surface area (Å²) in [6, 6.07) is 7.08. The zero-order chi connectivity index (χ0) is 24.9. The molecule has 1 aromatic heterocycles. The van der Waals surface area contributed by atoms with Gasteiger partial charge < -0.3 is 10.0 Å². The van der Waals surface area contributed by atoms with Gasteiger partial charge in [-0.15, -0.1) is 11.3 Å². The number of nitrogens with zero attached hydrogens (tertiary/aromatic N) is 2. The van der Waals surface area contributed by atoms with Crippen LogP contribution in [0.5, 0.6) is 0 Å². The summed E-state index contributed by atoms with van der Waals surface area (Å²) in [5.41, 5.74) is 6.00. The van der Waals surface area contributed by atoms with Crippen molar-refractivity contribution in [2.75, 3.05) is 24.6 Å². The SMILES string of the molecule is CC1CCN(c2nc(-c3ccc4c(c3)C(C)(C)CCC4(C)C)cs2)CC1.CCC(C)CCCO. The highest BCUT2D eigenvalue weighted by Gasteiger charge is 2.37. The maximum atomic E-state index is 8.41. The van der Waals surface area contributed by atoms with Crippen LogP contribution in [0.15, 0.2) is 23.6 Å². The first-order valence-electron chi connectivity index (χ1n) is 13.5. The predicted octanol–water partition coefficient (Wildman–Crippen LogP) is 8.20. The van der Waals surface area contributed by atoms with Crippen LogP contribution >= 0.6 is 11.3 Å². The Balaban J connectivity index is 0.000000350. The lowest BCUT2D eigenvalue weighted by Crippen LogP contribution is -2.33. The first-order chi connectivity index (χ1) is 16.1. The van der Waals surface area contributed by atoms with Crippen LogP contribution in [-0.4, -0.2) is 29.8 Å². The third-order valence-electron chi connectivity index (χ3n) is 8.25. The molecular formula is C30H48N2OS. The molecule has 1 aromatic carbocycles. The van der Waals surface area contributed by atoms with E-state index in [0.29, 0.717) is 6.61 Å². The molecule has 34 heavy (non-hydrogen) atoms. The zero-order valence-electron chi connectivity index (χ0n) is 22.8. The number of hydrogen-bond donors (Lipinski definition) is 1. The molecule has 0 saturated carbocycles. The number of hydrogen-bond acceptors (Lipinski definition) is 4. The third kappa shape index (κ3) is 6.63. The number of piperidine rings is 1. The lowest BCUT2D eigenvalue weighted by atomic mass is 9.63. The number of rotatable bonds is 6. The highest BCUT2D eigenvalue weighted by atomic mass is 32.1. The Bertz CT molecular complexity index is 908. The van der Waals surface area contributed by atoms with Gasteiger partial charge in [0, 0.05) is 30.6 Å². The van der Waals surface area contributed by atoms with Gasteiger partial charge in [0.1, 0.15) is 0 Å². The molecule has 1 saturated heterocycles. The molecule has 1 aliphatic carbocycles. The van der Waals surface area contributed by atoms with E-state index >= 15 is 0 Å². The van der Waals surface area contributed by atoms with Crippen molar-refractivity contribution in [3.05, 3.63) is 34.7 Å². The third-order valence-corrected chi connectivity index (χ3v) is 9.15. The summed E-state index contributed by atoms with van der Waals surface area (Å²) in [5.74, 6) is 1.65. The van der Waals surface area contributed by atoms with Crippen LogP contribution in [0.2, 0.25) is 0 Å². The van der Waals surface area contributed by atoms with Gasteiger partial charge in [0.15, 0.2) is 5.13 Å². The number of fused-ring (bicyclic) bond motifs is 1. The fraction of sp³-hybridized carbons (Fsp3) is 0.700. The number of aromatic nitrogens is 1. The summed E-state index contributed by atoms with van der Waals surface area (Å²) in [7, 11) is 0. The maximum absolute atomic E-state index is 8.41. The van der Waals surface area contributed by atoms with E-state index in [4.69, 9.17) is 10.1 Å². The van der Waals surface area contributed by atoms with Gasteiger partial charge in [0.25, 0.3) is 0 Å². The molecule has 2 aromatic rings. The summed E-state index contributed by atoms with van der Waals surface area (Å²) in [4.78, 5) is 7.48. The number of aliphatic hydroxyl groups excluding tert-OH is 1. The van der Waals surface area contributed by atoms with Crippen LogP contribution in [0.4, 0.5) is 5.13 Å². The van der Waals surface area contributed by atoms with E-state index in [1.807, 2.05) is 0 Å². The topological polar surface area (TPSA) is 36.4 Å². The molecule has 2 aliphatic rings. The van der Waals surface area contributed by atoms with Gasteiger partial charge in [-0.1, -0.05) is 67.0 Å². The molecule has 1 aliphatic heterocycles. The predicted molar refractivity (Wildman–Crippen MR) is 149 cm³/mol. The first kappa shape index (κ1) is 27.2. The van der Waals surface area contributed by atoms with Crippen LogP contribution < -0.4 is 4.90 Å². The van der Waals surface area contributed by atoms with Crippen molar-refractivity contribution in [3.8, 4) is 11.3 Å². The molecule has 3 nitrogen and oxygen atoms in total. The summed E-state index contributed by atoms with van der Waals surface area (Å²) in [6.07, 6.45) is 8.47. The Morgan fingerprint density at radius 2 is 1.74 bits per heavy atom. The molecular weight excluding hydrogens is 436 g/mol. The van der Waals surface area contributed by atoms with Gasteiger partial charge in [-0.05, 0) is 78.4 Å². The molecule has 0 radical (unpaired) electrons. The smallest absolute Gasteiger partial charge is 0.185 e.